The van der Waals surface area contributed by atoms with Crippen molar-refractivity contribution in [3.05, 3.63) is 0 Å². The molecule has 0 heterocycles. The largest absolute Gasteiger partial charge is 0.394 e. The quantitative estimate of drug-likeness (QED) is 0.372. The Morgan fingerprint density at radius 3 is 1.94 bits per heavy atom. The minimum absolute atomic E-state index is 0.0821. The first-order valence-electron chi connectivity index (χ1n) is 5.76. The first-order valence-corrected chi connectivity index (χ1v) is 5.76. The zero-order valence-corrected chi connectivity index (χ0v) is 11.8. The number of hydrogen-bond donors (Lipinski definition) is 4. The molecule has 108 valence electrons. The zero-order valence-electron chi connectivity index (χ0n) is 11.8. The molecule has 0 aliphatic heterocycles. The molecule has 0 spiro atoms. The highest BCUT2D eigenvalue weighted by molar-refractivity contribution is 5.73. The number of urea groups is 1. The van der Waals surface area contributed by atoms with Crippen molar-refractivity contribution in [2.45, 2.75) is 38.8 Å². The smallest absolute Gasteiger partial charge is 0.331 e. The van der Waals surface area contributed by atoms with Gasteiger partial charge in [-0.1, -0.05) is 0 Å². The molecule has 0 aromatic carbocycles. The summed E-state index contributed by atoms with van der Waals surface area (Å²) in [5.74, 6) is 0. The van der Waals surface area contributed by atoms with E-state index in [2.05, 4.69) is 10.7 Å². The highest BCUT2D eigenvalue weighted by Crippen LogP contribution is 2.22. The first-order chi connectivity index (χ1) is 8.21. The number of hydrogen-bond acceptors (Lipinski definition) is 5. The molecule has 0 fully saturated rings. The molecule has 0 bridgehead atoms. The highest BCUT2D eigenvalue weighted by atomic mass is 16.5. The van der Waals surface area contributed by atoms with Crippen molar-refractivity contribution in [1.82, 2.24) is 15.8 Å². The molecule has 0 unspecified atom stereocenters. The SMILES string of the molecule is COCNC(=O)NN(C(C)(C)CO)C(C)(C)CO. The van der Waals surface area contributed by atoms with E-state index in [4.69, 9.17) is 4.74 Å². The van der Waals surface area contributed by atoms with Gasteiger partial charge in [0.15, 0.2) is 0 Å². The third-order valence-electron chi connectivity index (χ3n) is 2.57. The molecule has 0 saturated carbocycles. The van der Waals surface area contributed by atoms with Gasteiger partial charge in [-0.25, -0.2) is 9.80 Å². The van der Waals surface area contributed by atoms with Gasteiger partial charge in [0, 0.05) is 7.11 Å². The number of rotatable bonds is 7. The lowest BCUT2D eigenvalue weighted by atomic mass is 9.97. The minimum Gasteiger partial charge on any atom is -0.394 e. The second-order valence-electron chi connectivity index (χ2n) is 5.33. The van der Waals surface area contributed by atoms with E-state index in [-0.39, 0.29) is 19.9 Å². The lowest BCUT2D eigenvalue weighted by Gasteiger charge is -2.46. The molecule has 0 aromatic rings. The van der Waals surface area contributed by atoms with Crippen molar-refractivity contribution < 1.29 is 19.7 Å². The van der Waals surface area contributed by atoms with E-state index >= 15 is 0 Å². The van der Waals surface area contributed by atoms with Crippen LogP contribution in [-0.2, 0) is 4.74 Å². The molecule has 4 N–H and O–H groups in total. The fourth-order valence-corrected chi connectivity index (χ4v) is 1.54. The van der Waals surface area contributed by atoms with Gasteiger partial charge >= 0.3 is 6.03 Å². The first kappa shape index (κ1) is 17.1. The number of carbonyl (C=O) groups excluding carboxylic acids is 1. The van der Waals surface area contributed by atoms with Crippen LogP contribution in [0.15, 0.2) is 0 Å². The summed E-state index contributed by atoms with van der Waals surface area (Å²) >= 11 is 0. The fraction of sp³-hybridized carbons (Fsp3) is 0.909. The molecule has 7 nitrogen and oxygen atoms in total. The van der Waals surface area contributed by atoms with Crippen LogP contribution in [0.3, 0.4) is 0 Å². The molecule has 18 heavy (non-hydrogen) atoms. The Bertz CT molecular complexity index is 253. The maximum Gasteiger partial charge on any atom is 0.331 e. The second-order valence-corrected chi connectivity index (χ2v) is 5.33. The average molecular weight is 263 g/mol. The van der Waals surface area contributed by atoms with Crippen molar-refractivity contribution in [3.63, 3.8) is 0 Å². The fourth-order valence-electron chi connectivity index (χ4n) is 1.54. The maximum atomic E-state index is 11.6. The number of methoxy groups -OCH3 is 1. The number of nitrogens with one attached hydrogen (secondary N) is 2. The van der Waals surface area contributed by atoms with Crippen molar-refractivity contribution in [2.24, 2.45) is 0 Å². The molecular formula is C11H25N3O4. The summed E-state index contributed by atoms with van der Waals surface area (Å²) < 4.78 is 4.73. The summed E-state index contributed by atoms with van der Waals surface area (Å²) in [5.41, 5.74) is 1.19. The summed E-state index contributed by atoms with van der Waals surface area (Å²) in [5, 5.41) is 22.8. The summed E-state index contributed by atoms with van der Waals surface area (Å²) in [6.45, 7) is 6.81. The topological polar surface area (TPSA) is 94.1 Å². The van der Waals surface area contributed by atoms with Crippen molar-refractivity contribution in [3.8, 4) is 0 Å². The number of hydrazine groups is 1. The molecule has 2 amide bonds. The molecule has 0 saturated heterocycles. The van der Waals surface area contributed by atoms with Gasteiger partial charge in [-0.15, -0.1) is 0 Å². The Morgan fingerprint density at radius 2 is 1.61 bits per heavy atom. The summed E-state index contributed by atoms with van der Waals surface area (Å²) in [6, 6.07) is -0.458. The van der Waals surface area contributed by atoms with E-state index in [0.717, 1.165) is 0 Å². The van der Waals surface area contributed by atoms with E-state index in [1.165, 1.54) is 12.1 Å². The number of amides is 2. The monoisotopic (exact) mass is 263 g/mol. The Labute approximate surface area is 108 Å². The van der Waals surface area contributed by atoms with Crippen LogP contribution in [0.1, 0.15) is 27.7 Å². The Balaban J connectivity index is 4.85. The van der Waals surface area contributed by atoms with Gasteiger partial charge in [-0.05, 0) is 27.7 Å². The van der Waals surface area contributed by atoms with Crippen LogP contribution in [0.5, 0.6) is 0 Å². The van der Waals surface area contributed by atoms with Crippen LogP contribution in [0.4, 0.5) is 4.79 Å². The Morgan fingerprint density at radius 1 is 1.17 bits per heavy atom. The van der Waals surface area contributed by atoms with E-state index in [1.807, 2.05) is 0 Å². The van der Waals surface area contributed by atoms with Crippen molar-refractivity contribution >= 4 is 6.03 Å². The molecule has 0 aliphatic carbocycles. The number of carbonyl (C=O) groups is 1. The standard InChI is InChI=1S/C11H25N3O4/c1-10(2,6-15)14(11(3,4)7-16)13-9(17)12-8-18-5/h15-16H,6-8H2,1-5H3,(H2,12,13,17). The predicted molar refractivity (Wildman–Crippen MR) is 67.7 cm³/mol. The van der Waals surface area contributed by atoms with Gasteiger partial charge in [-0.2, -0.15) is 0 Å². The number of nitrogens with zero attached hydrogens (tertiary/aromatic N) is 1. The zero-order chi connectivity index (χ0) is 14.4. The van der Waals surface area contributed by atoms with Gasteiger partial charge in [0.05, 0.1) is 24.3 Å². The average Bonchev–Trinajstić information content (AvgIpc) is 2.32. The highest BCUT2D eigenvalue weighted by Gasteiger charge is 2.38. The predicted octanol–water partition coefficient (Wildman–Crippen LogP) is -0.352. The molecule has 7 heteroatoms. The van der Waals surface area contributed by atoms with Crippen LogP contribution in [0.2, 0.25) is 0 Å². The van der Waals surface area contributed by atoms with Crippen LogP contribution in [0, 0.1) is 0 Å². The molecule has 0 aliphatic rings. The molecule has 0 rings (SSSR count). The van der Waals surface area contributed by atoms with Gasteiger partial charge in [0.2, 0.25) is 0 Å². The van der Waals surface area contributed by atoms with Gasteiger partial charge in [0.1, 0.15) is 6.73 Å². The van der Waals surface area contributed by atoms with Crippen molar-refractivity contribution in [2.75, 3.05) is 27.1 Å². The third kappa shape index (κ3) is 4.77. The Kier molecular flexibility index (Phi) is 6.55. The van der Waals surface area contributed by atoms with Crippen LogP contribution < -0.4 is 10.7 Å². The van der Waals surface area contributed by atoms with E-state index in [1.54, 1.807) is 27.7 Å². The molecule has 0 radical (unpaired) electrons. The van der Waals surface area contributed by atoms with Gasteiger partial charge in [-0.3, -0.25) is 5.43 Å². The molecular weight excluding hydrogens is 238 g/mol. The lowest BCUT2D eigenvalue weighted by Crippen LogP contribution is -2.67. The van der Waals surface area contributed by atoms with E-state index < -0.39 is 17.1 Å². The normalized spacial score (nSPS) is 12.7. The molecule has 0 aromatic heterocycles. The lowest BCUT2D eigenvalue weighted by molar-refractivity contribution is -0.0678. The van der Waals surface area contributed by atoms with Crippen LogP contribution >= 0.6 is 0 Å². The number of aliphatic hydroxyl groups is 2. The van der Waals surface area contributed by atoms with Gasteiger partial charge < -0.3 is 20.3 Å². The number of ether oxygens (including phenoxy) is 1. The summed E-state index contributed by atoms with van der Waals surface area (Å²) in [6.07, 6.45) is 0. The number of aliphatic hydroxyl groups excluding tert-OH is 2. The maximum absolute atomic E-state index is 11.6. The van der Waals surface area contributed by atoms with E-state index in [0.29, 0.717) is 0 Å². The molecule has 0 atom stereocenters. The van der Waals surface area contributed by atoms with E-state index in [9.17, 15) is 15.0 Å². The Hall–Kier alpha value is -0.890. The van der Waals surface area contributed by atoms with Crippen molar-refractivity contribution in [1.29, 1.82) is 0 Å². The third-order valence-corrected chi connectivity index (χ3v) is 2.57. The second kappa shape index (κ2) is 6.89. The van der Waals surface area contributed by atoms with Crippen LogP contribution in [0.25, 0.3) is 0 Å². The minimum atomic E-state index is -0.712. The summed E-state index contributed by atoms with van der Waals surface area (Å²) in [4.78, 5) is 11.6. The summed E-state index contributed by atoms with van der Waals surface area (Å²) in [7, 11) is 1.47. The van der Waals surface area contributed by atoms with Gasteiger partial charge in [0.25, 0.3) is 0 Å². The van der Waals surface area contributed by atoms with Crippen LogP contribution in [-0.4, -0.2) is 59.4 Å².